The summed E-state index contributed by atoms with van der Waals surface area (Å²) < 4.78 is 0. The van der Waals surface area contributed by atoms with Crippen LogP contribution in [0.15, 0.2) is 0 Å². The Morgan fingerprint density at radius 1 is 1.33 bits per heavy atom. The second kappa shape index (κ2) is 6.34. The molecule has 3 unspecified atom stereocenters. The third kappa shape index (κ3) is 4.33. The van der Waals surface area contributed by atoms with Crippen LogP contribution in [0.5, 0.6) is 0 Å². The summed E-state index contributed by atoms with van der Waals surface area (Å²) in [7, 11) is 0. The van der Waals surface area contributed by atoms with E-state index in [0.29, 0.717) is 12.8 Å². The quantitative estimate of drug-likeness (QED) is 0.498. The summed E-state index contributed by atoms with van der Waals surface area (Å²) in [6.07, 6.45) is 2.33. The van der Waals surface area contributed by atoms with E-state index >= 15 is 0 Å². The fraction of sp³-hybridized carbons (Fsp3) is 0.727. The lowest BCUT2D eigenvalue weighted by molar-refractivity contribution is -0.143. The van der Waals surface area contributed by atoms with Crippen LogP contribution < -0.4 is 16.8 Å². The Hall–Kier alpha value is -1.63. The minimum absolute atomic E-state index is 0.189. The highest BCUT2D eigenvalue weighted by atomic mass is 16.4. The van der Waals surface area contributed by atoms with Crippen LogP contribution in [0, 0.1) is 5.92 Å². The first-order valence-corrected chi connectivity index (χ1v) is 5.97. The van der Waals surface area contributed by atoms with E-state index < -0.39 is 29.7 Å². The third-order valence-corrected chi connectivity index (χ3v) is 3.13. The van der Waals surface area contributed by atoms with Gasteiger partial charge < -0.3 is 21.9 Å². The molecule has 0 bridgehead atoms. The summed E-state index contributed by atoms with van der Waals surface area (Å²) in [5.74, 6) is -2.35. The minimum atomic E-state index is -0.965. The Balaban J connectivity index is 2.44. The highest BCUT2D eigenvalue weighted by molar-refractivity contribution is 5.87. The summed E-state index contributed by atoms with van der Waals surface area (Å²) in [5.41, 5.74) is 10.5. The van der Waals surface area contributed by atoms with Gasteiger partial charge in [0.25, 0.3) is 0 Å². The molecule has 18 heavy (non-hydrogen) atoms. The molecule has 0 aromatic heterocycles. The normalized spacial score (nSPS) is 25.2. The van der Waals surface area contributed by atoms with Crippen LogP contribution in [0.2, 0.25) is 0 Å². The van der Waals surface area contributed by atoms with Gasteiger partial charge in [0.2, 0.25) is 11.8 Å². The van der Waals surface area contributed by atoms with Gasteiger partial charge in [-0.15, -0.1) is 0 Å². The number of hydrogen-bond donors (Lipinski definition) is 4. The molecule has 0 aliphatic heterocycles. The van der Waals surface area contributed by atoms with Crippen LogP contribution in [0.3, 0.4) is 0 Å². The maximum atomic E-state index is 11.6. The van der Waals surface area contributed by atoms with Gasteiger partial charge in [0.1, 0.15) is 0 Å². The van der Waals surface area contributed by atoms with Crippen LogP contribution >= 0.6 is 0 Å². The van der Waals surface area contributed by atoms with Crippen molar-refractivity contribution in [3.05, 3.63) is 0 Å². The summed E-state index contributed by atoms with van der Waals surface area (Å²) in [4.78, 5) is 33.1. The van der Waals surface area contributed by atoms with Crippen molar-refractivity contribution in [1.29, 1.82) is 0 Å². The average molecular weight is 257 g/mol. The molecule has 1 saturated carbocycles. The summed E-state index contributed by atoms with van der Waals surface area (Å²) in [5, 5.41) is 11.6. The van der Waals surface area contributed by atoms with Gasteiger partial charge in [0.15, 0.2) is 0 Å². The largest absolute Gasteiger partial charge is 0.481 e. The monoisotopic (exact) mass is 257 g/mol. The van der Waals surface area contributed by atoms with Crippen LogP contribution in [0.25, 0.3) is 0 Å². The Morgan fingerprint density at radius 3 is 2.56 bits per heavy atom. The topological polar surface area (TPSA) is 136 Å². The van der Waals surface area contributed by atoms with Crippen molar-refractivity contribution in [3.63, 3.8) is 0 Å². The number of carbonyl (C=O) groups is 3. The Morgan fingerprint density at radius 2 is 2.00 bits per heavy atom. The number of hydrogen-bond acceptors (Lipinski definition) is 4. The van der Waals surface area contributed by atoms with E-state index in [0.717, 1.165) is 12.8 Å². The standard InChI is InChI=1S/C11H19N3O4/c12-8(5-9(13)15)10(16)14-7-3-1-2-6(4-7)11(17)18/h6-8H,1-5,12H2,(H2,13,15)(H,14,16)(H,17,18). The second-order valence-electron chi connectivity index (χ2n) is 4.68. The molecule has 6 N–H and O–H groups in total. The number of aliphatic carboxylic acids is 1. The first-order chi connectivity index (χ1) is 8.40. The van der Waals surface area contributed by atoms with Gasteiger partial charge in [-0.05, 0) is 19.3 Å². The zero-order valence-corrected chi connectivity index (χ0v) is 10.1. The number of primary amides is 1. The second-order valence-corrected chi connectivity index (χ2v) is 4.68. The molecule has 0 spiro atoms. The molecule has 7 heteroatoms. The zero-order valence-electron chi connectivity index (χ0n) is 10.1. The number of nitrogens with two attached hydrogens (primary N) is 2. The Labute approximate surface area is 105 Å². The summed E-state index contributed by atoms with van der Waals surface area (Å²) in [6, 6.07) is -1.15. The van der Waals surface area contributed by atoms with Crippen molar-refractivity contribution in [1.82, 2.24) is 5.32 Å². The lowest BCUT2D eigenvalue weighted by atomic mass is 9.85. The number of nitrogens with one attached hydrogen (secondary N) is 1. The SMILES string of the molecule is NC(=O)CC(N)C(=O)NC1CCCC(C(=O)O)C1. The molecule has 1 aliphatic rings. The number of carboxylic acid groups (broad SMARTS) is 1. The molecule has 102 valence electrons. The summed E-state index contributed by atoms with van der Waals surface area (Å²) >= 11 is 0. The maximum Gasteiger partial charge on any atom is 0.306 e. The first-order valence-electron chi connectivity index (χ1n) is 5.97. The fourth-order valence-electron chi connectivity index (χ4n) is 2.16. The van der Waals surface area contributed by atoms with Crippen molar-refractivity contribution < 1.29 is 19.5 Å². The van der Waals surface area contributed by atoms with Crippen molar-refractivity contribution in [3.8, 4) is 0 Å². The molecule has 0 saturated heterocycles. The molecular formula is C11H19N3O4. The molecule has 2 amide bonds. The molecule has 1 rings (SSSR count). The van der Waals surface area contributed by atoms with Gasteiger partial charge >= 0.3 is 5.97 Å². The van der Waals surface area contributed by atoms with Crippen molar-refractivity contribution in [2.75, 3.05) is 0 Å². The molecule has 0 aromatic carbocycles. The van der Waals surface area contributed by atoms with E-state index in [1.165, 1.54) is 0 Å². The summed E-state index contributed by atoms with van der Waals surface area (Å²) in [6.45, 7) is 0. The van der Waals surface area contributed by atoms with Crippen LogP contribution in [0.4, 0.5) is 0 Å². The predicted octanol–water partition coefficient (Wildman–Crippen LogP) is -1.05. The van der Waals surface area contributed by atoms with E-state index in [4.69, 9.17) is 16.6 Å². The smallest absolute Gasteiger partial charge is 0.306 e. The van der Waals surface area contributed by atoms with Crippen LogP contribution in [-0.4, -0.2) is 35.0 Å². The van der Waals surface area contributed by atoms with Gasteiger partial charge in [0, 0.05) is 6.04 Å². The van der Waals surface area contributed by atoms with Gasteiger partial charge in [0.05, 0.1) is 18.4 Å². The lowest BCUT2D eigenvalue weighted by Crippen LogP contribution is -2.48. The average Bonchev–Trinajstić information content (AvgIpc) is 2.28. The van der Waals surface area contributed by atoms with Gasteiger partial charge in [-0.2, -0.15) is 0 Å². The van der Waals surface area contributed by atoms with Crippen molar-refractivity contribution in [2.24, 2.45) is 17.4 Å². The van der Waals surface area contributed by atoms with E-state index in [1.807, 2.05) is 0 Å². The van der Waals surface area contributed by atoms with Crippen LogP contribution in [-0.2, 0) is 14.4 Å². The highest BCUT2D eigenvalue weighted by Gasteiger charge is 2.29. The molecule has 3 atom stereocenters. The number of carbonyl (C=O) groups excluding carboxylic acids is 2. The molecule has 7 nitrogen and oxygen atoms in total. The third-order valence-electron chi connectivity index (χ3n) is 3.13. The Kier molecular flexibility index (Phi) is 5.08. The van der Waals surface area contributed by atoms with Gasteiger partial charge in [-0.1, -0.05) is 6.42 Å². The lowest BCUT2D eigenvalue weighted by Gasteiger charge is -2.28. The number of amides is 2. The first kappa shape index (κ1) is 14.4. The molecule has 0 heterocycles. The van der Waals surface area contributed by atoms with E-state index in [-0.39, 0.29) is 12.5 Å². The molecule has 0 aromatic rings. The minimum Gasteiger partial charge on any atom is -0.481 e. The van der Waals surface area contributed by atoms with E-state index in [2.05, 4.69) is 5.32 Å². The highest BCUT2D eigenvalue weighted by Crippen LogP contribution is 2.24. The number of carboxylic acids is 1. The number of rotatable bonds is 5. The van der Waals surface area contributed by atoms with Crippen molar-refractivity contribution >= 4 is 17.8 Å². The predicted molar refractivity (Wildman–Crippen MR) is 63.3 cm³/mol. The van der Waals surface area contributed by atoms with Crippen molar-refractivity contribution in [2.45, 2.75) is 44.2 Å². The Bertz CT molecular complexity index is 345. The molecule has 1 fully saturated rings. The molecule has 0 radical (unpaired) electrons. The van der Waals surface area contributed by atoms with Gasteiger partial charge in [-0.25, -0.2) is 0 Å². The van der Waals surface area contributed by atoms with Crippen LogP contribution in [0.1, 0.15) is 32.1 Å². The molecule has 1 aliphatic carbocycles. The van der Waals surface area contributed by atoms with E-state index in [9.17, 15) is 14.4 Å². The fourth-order valence-corrected chi connectivity index (χ4v) is 2.16. The zero-order chi connectivity index (χ0) is 13.7. The molecular weight excluding hydrogens is 238 g/mol. The van der Waals surface area contributed by atoms with E-state index in [1.54, 1.807) is 0 Å². The maximum absolute atomic E-state index is 11.6. The van der Waals surface area contributed by atoms with Gasteiger partial charge in [-0.3, -0.25) is 14.4 Å².